The SMILES string of the molecule is NNc1cc(N2CCCN(CCO)CC2)nc(C2CC2)n1. The third-order valence-corrected chi connectivity index (χ3v) is 4.15. The number of aliphatic hydroxyl groups excluding tert-OH is 1. The van der Waals surface area contributed by atoms with E-state index >= 15 is 0 Å². The summed E-state index contributed by atoms with van der Waals surface area (Å²) < 4.78 is 0. The second kappa shape index (κ2) is 6.55. The van der Waals surface area contributed by atoms with Gasteiger partial charge in [0.1, 0.15) is 17.5 Å². The van der Waals surface area contributed by atoms with Crippen molar-refractivity contribution >= 4 is 11.6 Å². The van der Waals surface area contributed by atoms with E-state index in [0.717, 1.165) is 50.8 Å². The molecule has 0 aromatic carbocycles. The zero-order valence-corrected chi connectivity index (χ0v) is 12.3. The summed E-state index contributed by atoms with van der Waals surface area (Å²) in [5.41, 5.74) is 2.65. The standard InChI is InChI=1S/C14H24N6O/c15-18-12-10-13(17-14(16-12)11-2-3-11)20-5-1-4-19(6-7-20)8-9-21/h10-11,21H,1-9,15H2,(H,16,17,18). The highest BCUT2D eigenvalue weighted by Crippen LogP contribution is 2.39. The van der Waals surface area contributed by atoms with Crippen molar-refractivity contribution in [3.8, 4) is 0 Å². The zero-order chi connectivity index (χ0) is 14.7. The Hall–Kier alpha value is -1.44. The summed E-state index contributed by atoms with van der Waals surface area (Å²) in [5.74, 6) is 8.61. The lowest BCUT2D eigenvalue weighted by Gasteiger charge is -2.23. The number of hydrogen-bond acceptors (Lipinski definition) is 7. The van der Waals surface area contributed by atoms with Gasteiger partial charge in [0.05, 0.1) is 6.61 Å². The molecule has 1 aliphatic heterocycles. The Morgan fingerprint density at radius 2 is 2.10 bits per heavy atom. The molecule has 0 bridgehead atoms. The number of aromatic nitrogens is 2. The molecule has 1 saturated carbocycles. The van der Waals surface area contributed by atoms with E-state index in [0.29, 0.717) is 11.7 Å². The number of aliphatic hydroxyl groups is 1. The predicted octanol–water partition coefficient (Wildman–Crippen LogP) is 0.144. The third-order valence-electron chi connectivity index (χ3n) is 4.15. The first-order valence-corrected chi connectivity index (χ1v) is 7.74. The zero-order valence-electron chi connectivity index (χ0n) is 12.3. The molecular weight excluding hydrogens is 268 g/mol. The van der Waals surface area contributed by atoms with Crippen LogP contribution in [0.3, 0.4) is 0 Å². The van der Waals surface area contributed by atoms with Crippen LogP contribution in [-0.2, 0) is 0 Å². The van der Waals surface area contributed by atoms with Gasteiger partial charge in [0.25, 0.3) is 0 Å². The highest BCUT2D eigenvalue weighted by atomic mass is 16.3. The minimum Gasteiger partial charge on any atom is -0.395 e. The maximum Gasteiger partial charge on any atom is 0.145 e. The lowest BCUT2D eigenvalue weighted by Crippen LogP contribution is -2.33. The molecule has 7 nitrogen and oxygen atoms in total. The average molecular weight is 292 g/mol. The fourth-order valence-corrected chi connectivity index (χ4v) is 2.78. The molecule has 0 unspecified atom stereocenters. The summed E-state index contributed by atoms with van der Waals surface area (Å²) in [5, 5.41) is 9.07. The van der Waals surface area contributed by atoms with Crippen LogP contribution < -0.4 is 16.2 Å². The first-order valence-electron chi connectivity index (χ1n) is 7.74. The fraction of sp³-hybridized carbons (Fsp3) is 0.714. The van der Waals surface area contributed by atoms with Crippen LogP contribution in [0.1, 0.15) is 31.0 Å². The van der Waals surface area contributed by atoms with E-state index in [1.807, 2.05) is 6.07 Å². The van der Waals surface area contributed by atoms with Crippen LogP contribution in [0, 0.1) is 0 Å². The maximum absolute atomic E-state index is 9.07. The van der Waals surface area contributed by atoms with Crippen LogP contribution in [0.5, 0.6) is 0 Å². The van der Waals surface area contributed by atoms with Crippen molar-refractivity contribution in [1.82, 2.24) is 14.9 Å². The van der Waals surface area contributed by atoms with Crippen molar-refractivity contribution in [1.29, 1.82) is 0 Å². The molecule has 0 radical (unpaired) electrons. The lowest BCUT2D eigenvalue weighted by molar-refractivity contribution is 0.204. The van der Waals surface area contributed by atoms with Crippen molar-refractivity contribution in [3.05, 3.63) is 11.9 Å². The molecular formula is C14H24N6O. The van der Waals surface area contributed by atoms with Crippen molar-refractivity contribution in [2.24, 2.45) is 5.84 Å². The molecule has 1 aromatic rings. The van der Waals surface area contributed by atoms with Gasteiger partial charge in [-0.1, -0.05) is 0 Å². The quantitative estimate of drug-likeness (QED) is 0.525. The normalized spacial score (nSPS) is 20.4. The Bertz CT molecular complexity index is 479. The summed E-state index contributed by atoms with van der Waals surface area (Å²) in [7, 11) is 0. The van der Waals surface area contributed by atoms with Crippen molar-refractivity contribution in [2.75, 3.05) is 49.7 Å². The number of nitrogens with zero attached hydrogens (tertiary/aromatic N) is 4. The van der Waals surface area contributed by atoms with Crippen molar-refractivity contribution in [3.63, 3.8) is 0 Å². The Kier molecular flexibility index (Phi) is 4.52. The van der Waals surface area contributed by atoms with Crippen LogP contribution in [0.15, 0.2) is 6.07 Å². The molecule has 116 valence electrons. The number of rotatable bonds is 5. The molecule has 2 fully saturated rings. The smallest absolute Gasteiger partial charge is 0.145 e. The number of β-amino-alcohol motifs (C(OH)–C–C–N with tert-alkyl or cyclic N) is 1. The first kappa shape index (κ1) is 14.5. The molecule has 7 heteroatoms. The topological polar surface area (TPSA) is 90.5 Å². The van der Waals surface area contributed by atoms with E-state index < -0.39 is 0 Å². The molecule has 2 heterocycles. The van der Waals surface area contributed by atoms with Gasteiger partial charge in [-0.15, -0.1) is 0 Å². The van der Waals surface area contributed by atoms with Gasteiger partial charge >= 0.3 is 0 Å². The Labute approximate surface area is 125 Å². The molecule has 21 heavy (non-hydrogen) atoms. The van der Waals surface area contributed by atoms with Crippen LogP contribution in [0.4, 0.5) is 11.6 Å². The minimum absolute atomic E-state index is 0.223. The van der Waals surface area contributed by atoms with Gasteiger partial charge < -0.3 is 15.4 Å². The number of nitrogen functional groups attached to an aromatic ring is 1. The van der Waals surface area contributed by atoms with Gasteiger partial charge in [-0.05, 0) is 25.8 Å². The maximum atomic E-state index is 9.07. The van der Waals surface area contributed by atoms with E-state index in [9.17, 15) is 0 Å². The van der Waals surface area contributed by atoms with Crippen LogP contribution in [-0.4, -0.2) is 59.3 Å². The predicted molar refractivity (Wildman–Crippen MR) is 82.2 cm³/mol. The Morgan fingerprint density at radius 1 is 1.24 bits per heavy atom. The van der Waals surface area contributed by atoms with E-state index in [-0.39, 0.29) is 6.61 Å². The fourth-order valence-electron chi connectivity index (χ4n) is 2.78. The van der Waals surface area contributed by atoms with Crippen LogP contribution in [0.25, 0.3) is 0 Å². The molecule has 0 spiro atoms. The first-order chi connectivity index (χ1) is 10.3. The number of hydrogen-bond donors (Lipinski definition) is 3. The number of anilines is 2. The summed E-state index contributed by atoms with van der Waals surface area (Å²) in [6.07, 6.45) is 3.43. The lowest BCUT2D eigenvalue weighted by atomic mass is 10.3. The average Bonchev–Trinajstić information content (AvgIpc) is 3.34. The summed E-state index contributed by atoms with van der Waals surface area (Å²) in [4.78, 5) is 13.8. The highest BCUT2D eigenvalue weighted by molar-refractivity contribution is 5.49. The largest absolute Gasteiger partial charge is 0.395 e. The van der Waals surface area contributed by atoms with E-state index in [1.165, 1.54) is 12.8 Å². The van der Waals surface area contributed by atoms with Gasteiger partial charge in [-0.2, -0.15) is 0 Å². The van der Waals surface area contributed by atoms with Crippen LogP contribution in [0.2, 0.25) is 0 Å². The second-order valence-corrected chi connectivity index (χ2v) is 5.79. The number of hydrazine groups is 1. The van der Waals surface area contributed by atoms with Gasteiger partial charge in [-0.3, -0.25) is 4.90 Å². The van der Waals surface area contributed by atoms with Gasteiger partial charge in [0, 0.05) is 38.2 Å². The molecule has 0 amide bonds. The van der Waals surface area contributed by atoms with E-state index in [4.69, 9.17) is 15.9 Å². The Balaban J connectivity index is 1.74. The molecule has 4 N–H and O–H groups in total. The Morgan fingerprint density at radius 3 is 2.81 bits per heavy atom. The van der Waals surface area contributed by atoms with E-state index in [1.54, 1.807) is 0 Å². The third kappa shape index (κ3) is 3.61. The van der Waals surface area contributed by atoms with Gasteiger partial charge in [0.15, 0.2) is 0 Å². The number of nitrogens with two attached hydrogens (primary N) is 1. The highest BCUT2D eigenvalue weighted by Gasteiger charge is 2.28. The molecule has 2 aliphatic rings. The second-order valence-electron chi connectivity index (χ2n) is 5.79. The minimum atomic E-state index is 0.223. The molecule has 3 rings (SSSR count). The summed E-state index contributed by atoms with van der Waals surface area (Å²) >= 11 is 0. The van der Waals surface area contributed by atoms with E-state index in [2.05, 4.69) is 20.2 Å². The number of nitrogens with one attached hydrogen (secondary N) is 1. The monoisotopic (exact) mass is 292 g/mol. The summed E-state index contributed by atoms with van der Waals surface area (Å²) in [6, 6.07) is 1.92. The molecule has 1 aromatic heterocycles. The van der Waals surface area contributed by atoms with Gasteiger partial charge in [0.2, 0.25) is 0 Å². The van der Waals surface area contributed by atoms with Gasteiger partial charge in [-0.25, -0.2) is 15.8 Å². The summed E-state index contributed by atoms with van der Waals surface area (Å²) in [6.45, 7) is 4.85. The molecule has 0 atom stereocenters. The molecule has 1 aliphatic carbocycles. The van der Waals surface area contributed by atoms with Crippen molar-refractivity contribution < 1.29 is 5.11 Å². The van der Waals surface area contributed by atoms with Crippen molar-refractivity contribution in [2.45, 2.75) is 25.2 Å². The molecule has 1 saturated heterocycles. The van der Waals surface area contributed by atoms with Crippen LogP contribution >= 0.6 is 0 Å².